The Bertz CT molecular complexity index is 509. The summed E-state index contributed by atoms with van der Waals surface area (Å²) in [5, 5.41) is 7.11. The molecule has 1 aromatic rings. The van der Waals surface area contributed by atoms with Gasteiger partial charge in [-0.1, -0.05) is 44.0 Å². The van der Waals surface area contributed by atoms with Gasteiger partial charge in [0.25, 0.3) is 0 Å². The van der Waals surface area contributed by atoms with Crippen molar-refractivity contribution in [2.45, 2.75) is 27.2 Å². The van der Waals surface area contributed by atoms with Crippen molar-refractivity contribution >= 4 is 40.5 Å². The van der Waals surface area contributed by atoms with Gasteiger partial charge in [0.1, 0.15) is 0 Å². The Morgan fingerprint density at radius 1 is 1.21 bits per heavy atom. The summed E-state index contributed by atoms with van der Waals surface area (Å²) in [4.78, 5) is 12.2. The number of hydrogen-bond donors (Lipinski definition) is 2. The summed E-state index contributed by atoms with van der Waals surface area (Å²) in [6.07, 6.45) is 0.821. The Kier molecular flexibility index (Phi) is 3.98. The molecule has 2 N–H and O–H groups in total. The molecule has 1 unspecified atom stereocenters. The number of nitrogens with one attached hydrogen (secondary N) is 2. The van der Waals surface area contributed by atoms with Crippen LogP contribution in [-0.4, -0.2) is 12.5 Å². The first kappa shape index (κ1) is 14.5. The number of carbonyl (C=O) groups excluding carboxylic acids is 1. The largest absolute Gasteiger partial charge is 0.383 e. The number of carbonyl (C=O) groups is 1. The lowest BCUT2D eigenvalue weighted by atomic mass is 9.84. The zero-order valence-corrected chi connectivity index (χ0v) is 12.8. The van der Waals surface area contributed by atoms with Gasteiger partial charge in [0.15, 0.2) is 0 Å². The Hall–Kier alpha value is -0.930. The van der Waals surface area contributed by atoms with Crippen LogP contribution in [-0.2, 0) is 4.79 Å². The molecular weight excluding hydrogens is 283 g/mol. The van der Waals surface area contributed by atoms with Crippen LogP contribution in [0.25, 0.3) is 0 Å². The second-order valence-electron chi connectivity index (χ2n) is 6.14. The van der Waals surface area contributed by atoms with Crippen LogP contribution < -0.4 is 10.6 Å². The van der Waals surface area contributed by atoms with Crippen molar-refractivity contribution in [3.63, 3.8) is 0 Å². The molecule has 1 aliphatic heterocycles. The molecule has 2 rings (SSSR count). The Morgan fingerprint density at radius 2 is 1.79 bits per heavy atom. The zero-order chi connectivity index (χ0) is 14.2. The van der Waals surface area contributed by atoms with E-state index in [4.69, 9.17) is 23.2 Å². The van der Waals surface area contributed by atoms with E-state index in [2.05, 4.69) is 31.4 Å². The van der Waals surface area contributed by atoms with Crippen molar-refractivity contribution in [1.82, 2.24) is 0 Å². The maximum atomic E-state index is 12.2. The number of rotatable bonds is 1. The van der Waals surface area contributed by atoms with Crippen molar-refractivity contribution in [3.8, 4) is 0 Å². The van der Waals surface area contributed by atoms with Gasteiger partial charge in [0.2, 0.25) is 5.91 Å². The molecule has 0 bridgehead atoms. The van der Waals surface area contributed by atoms with E-state index < -0.39 is 0 Å². The van der Waals surface area contributed by atoms with Crippen molar-refractivity contribution in [2.24, 2.45) is 11.3 Å². The third-order valence-electron chi connectivity index (χ3n) is 3.09. The molecule has 0 aliphatic carbocycles. The Labute approximate surface area is 123 Å². The summed E-state index contributed by atoms with van der Waals surface area (Å²) in [6, 6.07) is 3.43. The first-order valence-corrected chi connectivity index (χ1v) is 7.05. The van der Waals surface area contributed by atoms with Crippen LogP contribution in [0.5, 0.6) is 0 Å². The standard InChI is InChI=1S/C14H18Cl2N2O/c1-14(2,3)6-8-7-17-11-4-9(15)10(16)5-12(11)18-13(8)19/h4-5,8,17H,6-7H2,1-3H3,(H,18,19). The predicted molar refractivity (Wildman–Crippen MR) is 81.1 cm³/mol. The lowest BCUT2D eigenvalue weighted by molar-refractivity contribution is -0.120. The van der Waals surface area contributed by atoms with E-state index in [1.165, 1.54) is 0 Å². The monoisotopic (exact) mass is 300 g/mol. The molecule has 1 heterocycles. The zero-order valence-electron chi connectivity index (χ0n) is 11.3. The highest BCUT2D eigenvalue weighted by Gasteiger charge is 2.28. The average Bonchev–Trinajstić information content (AvgIpc) is 2.40. The molecule has 5 heteroatoms. The predicted octanol–water partition coefficient (Wildman–Crippen LogP) is 4.41. The van der Waals surface area contributed by atoms with Crippen LogP contribution in [0, 0.1) is 11.3 Å². The molecule has 19 heavy (non-hydrogen) atoms. The molecule has 0 saturated heterocycles. The van der Waals surface area contributed by atoms with Crippen LogP contribution in [0.4, 0.5) is 11.4 Å². The van der Waals surface area contributed by atoms with Gasteiger partial charge in [0, 0.05) is 6.54 Å². The van der Waals surface area contributed by atoms with Crippen molar-refractivity contribution in [2.75, 3.05) is 17.2 Å². The summed E-state index contributed by atoms with van der Waals surface area (Å²) in [5.41, 5.74) is 1.62. The molecule has 0 aromatic heterocycles. The first-order chi connectivity index (χ1) is 8.76. The summed E-state index contributed by atoms with van der Waals surface area (Å²) >= 11 is 12.0. The van der Waals surface area contributed by atoms with Crippen LogP contribution in [0.15, 0.2) is 12.1 Å². The maximum Gasteiger partial charge on any atom is 0.229 e. The maximum absolute atomic E-state index is 12.2. The van der Waals surface area contributed by atoms with Gasteiger partial charge in [-0.15, -0.1) is 0 Å². The van der Waals surface area contributed by atoms with E-state index >= 15 is 0 Å². The number of anilines is 2. The SMILES string of the molecule is CC(C)(C)CC1CNc2cc(Cl)c(Cl)cc2NC1=O. The molecule has 104 valence electrons. The lowest BCUT2D eigenvalue weighted by Gasteiger charge is -2.23. The minimum atomic E-state index is -0.0649. The molecule has 3 nitrogen and oxygen atoms in total. The van der Waals surface area contributed by atoms with E-state index in [9.17, 15) is 4.79 Å². The van der Waals surface area contributed by atoms with E-state index in [-0.39, 0.29) is 17.2 Å². The van der Waals surface area contributed by atoms with Crippen LogP contribution in [0.1, 0.15) is 27.2 Å². The third-order valence-corrected chi connectivity index (χ3v) is 3.81. The topological polar surface area (TPSA) is 41.1 Å². The third kappa shape index (κ3) is 3.54. The van der Waals surface area contributed by atoms with Gasteiger partial charge in [-0.3, -0.25) is 4.79 Å². The minimum Gasteiger partial charge on any atom is -0.383 e. The van der Waals surface area contributed by atoms with E-state index in [1.54, 1.807) is 12.1 Å². The summed E-state index contributed by atoms with van der Waals surface area (Å²) in [5.74, 6) is -0.0375. The molecule has 1 atom stereocenters. The Balaban J connectivity index is 2.24. The molecule has 0 saturated carbocycles. The number of amides is 1. The van der Waals surface area contributed by atoms with Crippen LogP contribution in [0.2, 0.25) is 10.0 Å². The highest BCUT2D eigenvalue weighted by Crippen LogP contribution is 2.35. The van der Waals surface area contributed by atoms with E-state index in [1.807, 2.05) is 0 Å². The van der Waals surface area contributed by atoms with Crippen LogP contribution >= 0.6 is 23.2 Å². The number of fused-ring (bicyclic) bond motifs is 1. The number of hydrogen-bond acceptors (Lipinski definition) is 2. The van der Waals surface area contributed by atoms with E-state index in [0.29, 0.717) is 22.3 Å². The van der Waals surface area contributed by atoms with Gasteiger partial charge in [-0.2, -0.15) is 0 Å². The van der Waals surface area contributed by atoms with Gasteiger partial charge < -0.3 is 10.6 Å². The second kappa shape index (κ2) is 5.22. The van der Waals surface area contributed by atoms with E-state index in [0.717, 1.165) is 12.1 Å². The van der Waals surface area contributed by atoms with Crippen molar-refractivity contribution in [1.29, 1.82) is 0 Å². The number of benzene rings is 1. The number of halogens is 2. The quantitative estimate of drug-likeness (QED) is 0.806. The normalized spacial score (nSPS) is 19.2. The minimum absolute atomic E-state index is 0.0274. The molecule has 0 radical (unpaired) electrons. The smallest absolute Gasteiger partial charge is 0.229 e. The fourth-order valence-corrected chi connectivity index (χ4v) is 2.59. The molecule has 1 aliphatic rings. The molecule has 1 aromatic carbocycles. The van der Waals surface area contributed by atoms with Crippen molar-refractivity contribution < 1.29 is 4.79 Å². The summed E-state index contributed by atoms with van der Waals surface area (Å²) in [6.45, 7) is 7.00. The van der Waals surface area contributed by atoms with Gasteiger partial charge >= 0.3 is 0 Å². The van der Waals surface area contributed by atoms with Crippen molar-refractivity contribution in [3.05, 3.63) is 22.2 Å². The lowest BCUT2D eigenvalue weighted by Crippen LogP contribution is -2.29. The second-order valence-corrected chi connectivity index (χ2v) is 6.96. The molecule has 1 amide bonds. The summed E-state index contributed by atoms with van der Waals surface area (Å²) < 4.78 is 0. The molecule has 0 spiro atoms. The first-order valence-electron chi connectivity index (χ1n) is 6.30. The fourth-order valence-electron chi connectivity index (χ4n) is 2.26. The van der Waals surface area contributed by atoms with Gasteiger partial charge in [-0.25, -0.2) is 0 Å². The fraction of sp³-hybridized carbons (Fsp3) is 0.500. The van der Waals surface area contributed by atoms with Crippen LogP contribution in [0.3, 0.4) is 0 Å². The highest BCUT2D eigenvalue weighted by molar-refractivity contribution is 6.42. The highest BCUT2D eigenvalue weighted by atomic mass is 35.5. The molecule has 0 fully saturated rings. The average molecular weight is 301 g/mol. The Morgan fingerprint density at radius 3 is 2.37 bits per heavy atom. The summed E-state index contributed by atoms with van der Waals surface area (Å²) in [7, 11) is 0. The molecular formula is C14H18Cl2N2O. The van der Waals surface area contributed by atoms with Gasteiger partial charge in [-0.05, 0) is 24.0 Å². The van der Waals surface area contributed by atoms with Gasteiger partial charge in [0.05, 0.1) is 27.3 Å².